The zero-order chi connectivity index (χ0) is 13.1. The molecule has 0 unspecified atom stereocenters. The molecule has 0 saturated heterocycles. The Labute approximate surface area is 111 Å². The molecule has 1 aliphatic rings. The summed E-state index contributed by atoms with van der Waals surface area (Å²) >= 11 is 0. The summed E-state index contributed by atoms with van der Waals surface area (Å²) in [6.45, 7) is 1.70. The van der Waals surface area contributed by atoms with Gasteiger partial charge in [-0.2, -0.15) is 0 Å². The van der Waals surface area contributed by atoms with E-state index in [-0.39, 0.29) is 12.6 Å². The molecule has 0 bridgehead atoms. The lowest BCUT2D eigenvalue weighted by molar-refractivity contribution is -0.686. The predicted octanol–water partition coefficient (Wildman–Crippen LogP) is 1.82. The van der Waals surface area contributed by atoms with Gasteiger partial charge in [0.2, 0.25) is 6.79 Å². The minimum Gasteiger partial charge on any atom is -0.454 e. The molecule has 0 atom stereocenters. The molecule has 2 aromatic rings. The van der Waals surface area contributed by atoms with Crippen LogP contribution in [-0.2, 0) is 13.1 Å². The fourth-order valence-corrected chi connectivity index (χ4v) is 2.13. The van der Waals surface area contributed by atoms with Gasteiger partial charge in [-0.25, -0.2) is 4.39 Å². The Balaban J connectivity index is 1.59. The number of quaternary nitrogens is 1. The van der Waals surface area contributed by atoms with Crippen LogP contribution in [0, 0.1) is 5.82 Å². The molecule has 0 aromatic heterocycles. The summed E-state index contributed by atoms with van der Waals surface area (Å²) in [6, 6.07) is 12.7. The van der Waals surface area contributed by atoms with E-state index in [0.717, 1.165) is 29.2 Å². The summed E-state index contributed by atoms with van der Waals surface area (Å²) in [6.07, 6.45) is 0. The molecule has 0 fully saturated rings. The van der Waals surface area contributed by atoms with Gasteiger partial charge in [0.1, 0.15) is 18.9 Å². The maximum Gasteiger partial charge on any atom is 0.231 e. The maximum atomic E-state index is 13.4. The average Bonchev–Trinajstić information content (AvgIpc) is 2.88. The molecule has 0 radical (unpaired) electrons. The van der Waals surface area contributed by atoms with Gasteiger partial charge in [-0.15, -0.1) is 0 Å². The molecule has 4 heteroatoms. The number of ether oxygens (including phenoxy) is 2. The normalized spacial score (nSPS) is 12.7. The highest BCUT2D eigenvalue weighted by Crippen LogP contribution is 2.32. The van der Waals surface area contributed by atoms with Crippen LogP contribution in [0.2, 0.25) is 0 Å². The van der Waals surface area contributed by atoms with Crippen LogP contribution in [0.3, 0.4) is 0 Å². The second-order valence-electron chi connectivity index (χ2n) is 4.48. The molecule has 0 aliphatic carbocycles. The third-order valence-electron chi connectivity index (χ3n) is 3.14. The largest absolute Gasteiger partial charge is 0.454 e. The SMILES string of the molecule is Fc1ccccc1C[NH2+]Cc1ccc2c(c1)OCO2. The Morgan fingerprint density at radius 2 is 1.84 bits per heavy atom. The van der Waals surface area contributed by atoms with Crippen LogP contribution in [0.15, 0.2) is 42.5 Å². The first kappa shape index (κ1) is 12.0. The van der Waals surface area contributed by atoms with E-state index in [9.17, 15) is 4.39 Å². The van der Waals surface area contributed by atoms with Crippen molar-refractivity contribution in [1.82, 2.24) is 0 Å². The van der Waals surface area contributed by atoms with E-state index in [0.29, 0.717) is 6.54 Å². The molecule has 0 saturated carbocycles. The number of hydrogen-bond donors (Lipinski definition) is 1. The van der Waals surface area contributed by atoms with Crippen LogP contribution >= 0.6 is 0 Å². The second-order valence-corrected chi connectivity index (χ2v) is 4.48. The van der Waals surface area contributed by atoms with E-state index in [1.165, 1.54) is 6.07 Å². The van der Waals surface area contributed by atoms with Gasteiger partial charge in [0, 0.05) is 11.1 Å². The van der Waals surface area contributed by atoms with Crippen molar-refractivity contribution in [3.05, 3.63) is 59.4 Å². The van der Waals surface area contributed by atoms with Crippen molar-refractivity contribution in [2.45, 2.75) is 13.1 Å². The number of benzene rings is 2. The highest BCUT2D eigenvalue weighted by Gasteiger charge is 2.13. The lowest BCUT2D eigenvalue weighted by Gasteiger charge is -2.04. The average molecular weight is 260 g/mol. The van der Waals surface area contributed by atoms with E-state index in [2.05, 4.69) is 5.32 Å². The number of rotatable bonds is 4. The molecule has 2 aromatic carbocycles. The molecule has 1 heterocycles. The van der Waals surface area contributed by atoms with E-state index in [4.69, 9.17) is 9.47 Å². The van der Waals surface area contributed by atoms with Crippen molar-refractivity contribution in [2.24, 2.45) is 0 Å². The number of halogens is 1. The molecule has 3 rings (SSSR count). The minimum atomic E-state index is -0.149. The first-order valence-electron chi connectivity index (χ1n) is 6.26. The van der Waals surface area contributed by atoms with Crippen LogP contribution < -0.4 is 14.8 Å². The van der Waals surface area contributed by atoms with Crippen LogP contribution in [0.25, 0.3) is 0 Å². The van der Waals surface area contributed by atoms with Gasteiger partial charge < -0.3 is 14.8 Å². The minimum absolute atomic E-state index is 0.149. The molecule has 98 valence electrons. The monoisotopic (exact) mass is 260 g/mol. The smallest absolute Gasteiger partial charge is 0.231 e. The van der Waals surface area contributed by atoms with Gasteiger partial charge in [0.15, 0.2) is 11.5 Å². The van der Waals surface area contributed by atoms with Crippen LogP contribution in [0.4, 0.5) is 4.39 Å². The quantitative estimate of drug-likeness (QED) is 0.910. The summed E-state index contributed by atoms with van der Waals surface area (Å²) < 4.78 is 24.0. The molecular weight excluding hydrogens is 245 g/mol. The van der Waals surface area contributed by atoms with Crippen molar-refractivity contribution in [3.63, 3.8) is 0 Å². The fraction of sp³-hybridized carbons (Fsp3) is 0.200. The number of fused-ring (bicyclic) bond motifs is 1. The lowest BCUT2D eigenvalue weighted by Crippen LogP contribution is -2.80. The standard InChI is InChI=1S/C15H14FNO2/c16-13-4-2-1-3-12(13)9-17-8-11-5-6-14-15(7-11)19-10-18-14/h1-7,17H,8-10H2/p+1. The third-order valence-corrected chi connectivity index (χ3v) is 3.14. The number of hydrogen-bond acceptors (Lipinski definition) is 2. The zero-order valence-corrected chi connectivity index (χ0v) is 10.4. The highest BCUT2D eigenvalue weighted by molar-refractivity contribution is 5.44. The molecule has 0 amide bonds. The van der Waals surface area contributed by atoms with Gasteiger partial charge in [0.05, 0.1) is 0 Å². The Bertz CT molecular complexity index is 586. The Morgan fingerprint density at radius 1 is 1.00 bits per heavy atom. The van der Waals surface area contributed by atoms with Crippen molar-refractivity contribution < 1.29 is 19.2 Å². The van der Waals surface area contributed by atoms with E-state index in [1.807, 2.05) is 30.3 Å². The van der Waals surface area contributed by atoms with E-state index >= 15 is 0 Å². The molecule has 1 aliphatic heterocycles. The van der Waals surface area contributed by atoms with Gasteiger partial charge >= 0.3 is 0 Å². The Morgan fingerprint density at radius 3 is 2.74 bits per heavy atom. The summed E-state index contributed by atoms with van der Waals surface area (Å²) in [5, 5.41) is 2.07. The summed E-state index contributed by atoms with van der Waals surface area (Å²) in [4.78, 5) is 0. The Hall–Kier alpha value is -2.07. The molecule has 0 spiro atoms. The van der Waals surface area contributed by atoms with Gasteiger partial charge in [-0.3, -0.25) is 0 Å². The highest BCUT2D eigenvalue weighted by atomic mass is 19.1. The zero-order valence-electron chi connectivity index (χ0n) is 10.4. The molecule has 2 N–H and O–H groups in total. The fourth-order valence-electron chi connectivity index (χ4n) is 2.13. The first-order valence-corrected chi connectivity index (χ1v) is 6.26. The second kappa shape index (κ2) is 5.28. The van der Waals surface area contributed by atoms with E-state index < -0.39 is 0 Å². The molecular formula is C15H15FNO2+. The van der Waals surface area contributed by atoms with Gasteiger partial charge in [-0.1, -0.05) is 18.2 Å². The molecule has 19 heavy (non-hydrogen) atoms. The van der Waals surface area contributed by atoms with Crippen molar-refractivity contribution >= 4 is 0 Å². The lowest BCUT2D eigenvalue weighted by atomic mass is 10.2. The summed E-state index contributed by atoms with van der Waals surface area (Å²) in [5.41, 5.74) is 1.86. The van der Waals surface area contributed by atoms with Crippen molar-refractivity contribution in [2.75, 3.05) is 6.79 Å². The number of nitrogens with two attached hydrogens (primary N) is 1. The Kier molecular flexibility index (Phi) is 3.33. The third kappa shape index (κ3) is 2.69. The van der Waals surface area contributed by atoms with Gasteiger partial charge in [-0.05, 0) is 24.3 Å². The van der Waals surface area contributed by atoms with Gasteiger partial charge in [0.25, 0.3) is 0 Å². The summed E-state index contributed by atoms with van der Waals surface area (Å²) in [5.74, 6) is 1.43. The predicted molar refractivity (Wildman–Crippen MR) is 68.3 cm³/mol. The maximum absolute atomic E-state index is 13.4. The van der Waals surface area contributed by atoms with Crippen LogP contribution in [0.1, 0.15) is 11.1 Å². The first-order chi connectivity index (χ1) is 9.33. The van der Waals surface area contributed by atoms with Crippen LogP contribution in [-0.4, -0.2) is 6.79 Å². The van der Waals surface area contributed by atoms with Crippen molar-refractivity contribution in [1.29, 1.82) is 0 Å². The summed E-state index contributed by atoms with van der Waals surface area (Å²) in [7, 11) is 0. The van der Waals surface area contributed by atoms with E-state index in [1.54, 1.807) is 6.07 Å². The van der Waals surface area contributed by atoms with Crippen molar-refractivity contribution in [3.8, 4) is 11.5 Å². The van der Waals surface area contributed by atoms with Crippen LogP contribution in [0.5, 0.6) is 11.5 Å². The topological polar surface area (TPSA) is 35.1 Å². The molecule has 3 nitrogen and oxygen atoms in total.